The van der Waals surface area contributed by atoms with Gasteiger partial charge >= 0.3 is 0 Å². The van der Waals surface area contributed by atoms with Gasteiger partial charge in [0.05, 0.1) is 0 Å². The molecule has 128 valence electrons. The monoisotopic (exact) mass is 325 g/mol. The summed E-state index contributed by atoms with van der Waals surface area (Å²) in [6.07, 6.45) is 7.96. The number of H-pyrrole nitrogens is 1. The second-order valence-corrected chi connectivity index (χ2v) is 6.29. The van der Waals surface area contributed by atoms with Crippen LogP contribution in [0.3, 0.4) is 0 Å². The Bertz CT molecular complexity index is 742. The van der Waals surface area contributed by atoms with Gasteiger partial charge in [-0.15, -0.1) is 0 Å². The maximum absolute atomic E-state index is 12.3. The largest absolute Gasteiger partial charge is 0.378 e. The zero-order valence-electron chi connectivity index (χ0n) is 15.1. The van der Waals surface area contributed by atoms with Gasteiger partial charge in [-0.3, -0.25) is 4.79 Å². The summed E-state index contributed by atoms with van der Waals surface area (Å²) in [6.45, 7) is 4.08. The van der Waals surface area contributed by atoms with Crippen molar-refractivity contribution in [1.82, 2.24) is 9.97 Å². The van der Waals surface area contributed by atoms with Gasteiger partial charge in [0.1, 0.15) is 5.82 Å². The number of aromatic nitrogens is 2. The van der Waals surface area contributed by atoms with E-state index in [-0.39, 0.29) is 5.56 Å². The van der Waals surface area contributed by atoms with Crippen LogP contribution in [0.5, 0.6) is 0 Å². The fourth-order valence-corrected chi connectivity index (χ4v) is 2.62. The van der Waals surface area contributed by atoms with Crippen molar-refractivity contribution in [3.63, 3.8) is 0 Å². The summed E-state index contributed by atoms with van der Waals surface area (Å²) in [5.41, 5.74) is 3.87. The molecule has 0 aliphatic carbocycles. The first-order chi connectivity index (χ1) is 11.5. The molecule has 0 amide bonds. The summed E-state index contributed by atoms with van der Waals surface area (Å²) in [4.78, 5) is 21.7. The van der Waals surface area contributed by atoms with E-state index in [2.05, 4.69) is 46.1 Å². The predicted molar refractivity (Wildman–Crippen MR) is 103 cm³/mol. The Balaban J connectivity index is 2.13. The van der Waals surface area contributed by atoms with Gasteiger partial charge in [0.25, 0.3) is 5.56 Å². The Morgan fingerprint density at radius 1 is 1.12 bits per heavy atom. The van der Waals surface area contributed by atoms with Gasteiger partial charge in [-0.25, -0.2) is 4.98 Å². The third kappa shape index (κ3) is 4.82. The van der Waals surface area contributed by atoms with E-state index in [1.54, 1.807) is 0 Å². The molecule has 0 aliphatic rings. The number of hydrogen-bond acceptors (Lipinski definition) is 3. The van der Waals surface area contributed by atoms with Crippen molar-refractivity contribution >= 4 is 17.8 Å². The SMILES string of the molecule is CCCCCc1c(C)nc(/C=C/c2ccc(N(C)C)cc2)[nH]c1=O. The van der Waals surface area contributed by atoms with E-state index in [0.717, 1.165) is 48.2 Å². The molecule has 0 bridgehead atoms. The van der Waals surface area contributed by atoms with Gasteiger partial charge in [0, 0.05) is 31.0 Å². The van der Waals surface area contributed by atoms with Crippen LogP contribution in [0, 0.1) is 6.92 Å². The fourth-order valence-electron chi connectivity index (χ4n) is 2.62. The summed E-state index contributed by atoms with van der Waals surface area (Å²) in [7, 11) is 4.04. The number of nitrogens with zero attached hydrogens (tertiary/aromatic N) is 2. The van der Waals surface area contributed by atoms with Crippen molar-refractivity contribution in [3.05, 3.63) is 57.3 Å². The maximum Gasteiger partial charge on any atom is 0.254 e. The predicted octanol–water partition coefficient (Wildman–Crippen LogP) is 4.05. The lowest BCUT2D eigenvalue weighted by Crippen LogP contribution is -2.17. The number of anilines is 1. The van der Waals surface area contributed by atoms with Crippen molar-refractivity contribution in [3.8, 4) is 0 Å². The van der Waals surface area contributed by atoms with Crippen LogP contribution in [0.1, 0.15) is 48.8 Å². The highest BCUT2D eigenvalue weighted by molar-refractivity contribution is 5.67. The molecule has 4 heteroatoms. The van der Waals surface area contributed by atoms with Gasteiger partial charge < -0.3 is 9.88 Å². The smallest absolute Gasteiger partial charge is 0.254 e. The van der Waals surface area contributed by atoms with E-state index in [0.29, 0.717) is 5.82 Å². The van der Waals surface area contributed by atoms with Crippen LogP contribution in [-0.4, -0.2) is 24.1 Å². The van der Waals surface area contributed by atoms with Gasteiger partial charge in [0.2, 0.25) is 0 Å². The average Bonchev–Trinajstić information content (AvgIpc) is 2.56. The van der Waals surface area contributed by atoms with Gasteiger partial charge in [0.15, 0.2) is 0 Å². The maximum atomic E-state index is 12.3. The highest BCUT2D eigenvalue weighted by atomic mass is 16.1. The zero-order chi connectivity index (χ0) is 17.5. The molecule has 1 heterocycles. The molecular formula is C20H27N3O. The van der Waals surface area contributed by atoms with Crippen molar-refractivity contribution in [2.75, 3.05) is 19.0 Å². The van der Waals surface area contributed by atoms with Crippen molar-refractivity contribution < 1.29 is 0 Å². The molecule has 0 saturated heterocycles. The molecule has 4 nitrogen and oxygen atoms in total. The number of nitrogens with one attached hydrogen (secondary N) is 1. The minimum absolute atomic E-state index is 0.0128. The Labute approximate surface area is 144 Å². The number of aromatic amines is 1. The molecule has 0 radical (unpaired) electrons. The van der Waals surface area contributed by atoms with E-state index in [1.165, 1.54) is 0 Å². The third-order valence-electron chi connectivity index (χ3n) is 4.11. The van der Waals surface area contributed by atoms with E-state index in [1.807, 2.05) is 33.2 Å². The second-order valence-electron chi connectivity index (χ2n) is 6.29. The molecule has 2 aromatic rings. The average molecular weight is 325 g/mol. The summed E-state index contributed by atoms with van der Waals surface area (Å²) in [5, 5.41) is 0. The van der Waals surface area contributed by atoms with Gasteiger partial charge in [-0.1, -0.05) is 38.0 Å². The molecule has 0 fully saturated rings. The van der Waals surface area contributed by atoms with E-state index in [4.69, 9.17) is 0 Å². The highest BCUT2D eigenvalue weighted by Gasteiger charge is 2.06. The first-order valence-electron chi connectivity index (χ1n) is 8.56. The number of aryl methyl sites for hydroxylation is 1. The summed E-state index contributed by atoms with van der Waals surface area (Å²) < 4.78 is 0. The topological polar surface area (TPSA) is 49.0 Å². The van der Waals surface area contributed by atoms with E-state index < -0.39 is 0 Å². The van der Waals surface area contributed by atoms with Crippen molar-refractivity contribution in [1.29, 1.82) is 0 Å². The Hall–Kier alpha value is -2.36. The minimum Gasteiger partial charge on any atom is -0.378 e. The highest BCUT2D eigenvalue weighted by Crippen LogP contribution is 2.14. The van der Waals surface area contributed by atoms with E-state index >= 15 is 0 Å². The van der Waals surface area contributed by atoms with E-state index in [9.17, 15) is 4.79 Å². The van der Waals surface area contributed by atoms with Crippen LogP contribution < -0.4 is 10.5 Å². The number of unbranched alkanes of at least 4 members (excludes halogenated alkanes) is 2. The first kappa shape index (κ1) is 18.0. The molecule has 1 aromatic heterocycles. The van der Waals surface area contributed by atoms with Crippen LogP contribution in [0.25, 0.3) is 12.2 Å². The standard InChI is InChI=1S/C20H27N3O/c1-5-6-7-8-18-15(2)21-19(22-20(18)24)14-11-16-9-12-17(13-10-16)23(3)4/h9-14H,5-8H2,1-4H3,(H,21,22,24)/b14-11+. The molecule has 0 unspecified atom stereocenters. The molecule has 0 atom stereocenters. The quantitative estimate of drug-likeness (QED) is 0.781. The molecule has 0 aliphatic heterocycles. The number of rotatable bonds is 7. The Morgan fingerprint density at radius 3 is 2.42 bits per heavy atom. The van der Waals surface area contributed by atoms with Crippen LogP contribution in [-0.2, 0) is 6.42 Å². The molecule has 1 aromatic carbocycles. The normalized spacial score (nSPS) is 11.2. The lowest BCUT2D eigenvalue weighted by atomic mass is 10.1. The molecule has 2 rings (SSSR count). The van der Waals surface area contributed by atoms with Crippen molar-refractivity contribution in [2.24, 2.45) is 0 Å². The molecular weight excluding hydrogens is 298 g/mol. The summed E-state index contributed by atoms with van der Waals surface area (Å²) in [6, 6.07) is 8.24. The Morgan fingerprint density at radius 2 is 1.83 bits per heavy atom. The van der Waals surface area contributed by atoms with Crippen LogP contribution >= 0.6 is 0 Å². The zero-order valence-corrected chi connectivity index (χ0v) is 15.1. The van der Waals surface area contributed by atoms with Crippen LogP contribution in [0.4, 0.5) is 5.69 Å². The third-order valence-corrected chi connectivity index (χ3v) is 4.11. The second kappa shape index (κ2) is 8.48. The lowest BCUT2D eigenvalue weighted by Gasteiger charge is -2.11. The number of hydrogen-bond donors (Lipinski definition) is 1. The number of benzene rings is 1. The van der Waals surface area contributed by atoms with Gasteiger partial charge in [-0.05, 0) is 43.5 Å². The van der Waals surface area contributed by atoms with Gasteiger partial charge in [-0.2, -0.15) is 0 Å². The molecule has 0 spiro atoms. The van der Waals surface area contributed by atoms with Crippen LogP contribution in [0.15, 0.2) is 29.1 Å². The van der Waals surface area contributed by atoms with Crippen LogP contribution in [0.2, 0.25) is 0 Å². The fraction of sp³-hybridized carbons (Fsp3) is 0.400. The molecule has 0 saturated carbocycles. The Kier molecular flexibility index (Phi) is 6.36. The first-order valence-corrected chi connectivity index (χ1v) is 8.56. The minimum atomic E-state index is -0.0128. The van der Waals surface area contributed by atoms with Crippen molar-refractivity contribution in [2.45, 2.75) is 39.5 Å². The summed E-state index contributed by atoms with van der Waals surface area (Å²) >= 11 is 0. The molecule has 1 N–H and O–H groups in total. The lowest BCUT2D eigenvalue weighted by molar-refractivity contribution is 0.706. The molecule has 24 heavy (non-hydrogen) atoms. The summed E-state index contributed by atoms with van der Waals surface area (Å²) in [5.74, 6) is 0.605.